The molecule has 1 amide bonds. The monoisotopic (exact) mass is 639 g/mol. The second-order valence-electron chi connectivity index (χ2n) is 10.3. The third kappa shape index (κ3) is 6.64. The Bertz CT molecular complexity index is 1930. The lowest BCUT2D eigenvalue weighted by molar-refractivity contribution is -0.118. The number of sulfonamides is 2. The van der Waals surface area contributed by atoms with E-state index < -0.39 is 26.0 Å². The SMILES string of the molecule is Cc1ccc(NS(=O)(=O)c2ccc(OCC(=O)Nc3ccc4c(c3)N(S(=O)(=O)c3ccc(Cl)cc3)CC4)c(C)c2)cc1C. The molecule has 0 spiro atoms. The van der Waals surface area contributed by atoms with E-state index in [2.05, 4.69) is 10.0 Å². The number of anilines is 3. The Kier molecular flexibility index (Phi) is 8.42. The minimum Gasteiger partial charge on any atom is -0.483 e. The van der Waals surface area contributed by atoms with Gasteiger partial charge in [0.25, 0.3) is 26.0 Å². The zero-order chi connectivity index (χ0) is 30.9. The van der Waals surface area contributed by atoms with Crippen LogP contribution in [0.25, 0.3) is 0 Å². The topological polar surface area (TPSA) is 122 Å². The second-order valence-corrected chi connectivity index (χ2v) is 14.3. The molecule has 1 aliphatic heterocycles. The van der Waals surface area contributed by atoms with Crippen molar-refractivity contribution in [2.45, 2.75) is 37.0 Å². The molecule has 9 nitrogen and oxygen atoms in total. The number of nitrogens with zero attached hydrogens (tertiary/aromatic N) is 1. The molecule has 0 saturated heterocycles. The van der Waals surface area contributed by atoms with Crippen LogP contribution in [0.1, 0.15) is 22.3 Å². The zero-order valence-corrected chi connectivity index (χ0v) is 26.1. The highest BCUT2D eigenvalue weighted by atomic mass is 35.5. The molecule has 43 heavy (non-hydrogen) atoms. The molecule has 2 N–H and O–H groups in total. The van der Waals surface area contributed by atoms with Crippen molar-refractivity contribution in [3.8, 4) is 5.75 Å². The van der Waals surface area contributed by atoms with Crippen molar-refractivity contribution in [2.75, 3.05) is 27.5 Å². The number of rotatable bonds is 9. The highest BCUT2D eigenvalue weighted by molar-refractivity contribution is 7.93. The van der Waals surface area contributed by atoms with E-state index in [1.165, 1.54) is 46.8 Å². The predicted molar refractivity (Wildman–Crippen MR) is 168 cm³/mol. The molecule has 0 saturated carbocycles. The lowest BCUT2D eigenvalue weighted by Crippen LogP contribution is -2.29. The average Bonchev–Trinajstić information content (AvgIpc) is 3.39. The molecule has 1 aliphatic rings. The van der Waals surface area contributed by atoms with E-state index in [1.54, 1.807) is 37.3 Å². The number of benzene rings is 4. The molecule has 224 valence electrons. The highest BCUT2D eigenvalue weighted by Gasteiger charge is 2.31. The van der Waals surface area contributed by atoms with Crippen LogP contribution < -0.4 is 19.1 Å². The zero-order valence-electron chi connectivity index (χ0n) is 23.7. The number of halogens is 1. The van der Waals surface area contributed by atoms with Crippen LogP contribution in [0.4, 0.5) is 17.1 Å². The molecule has 12 heteroatoms. The lowest BCUT2D eigenvalue weighted by Gasteiger charge is -2.20. The number of fused-ring (bicyclic) bond motifs is 1. The van der Waals surface area contributed by atoms with Crippen molar-refractivity contribution in [3.63, 3.8) is 0 Å². The largest absolute Gasteiger partial charge is 0.483 e. The molecule has 0 radical (unpaired) electrons. The molecule has 0 atom stereocenters. The summed E-state index contributed by atoms with van der Waals surface area (Å²) >= 11 is 5.92. The smallest absolute Gasteiger partial charge is 0.264 e. The molecule has 4 aromatic rings. The first-order valence-electron chi connectivity index (χ1n) is 13.4. The Labute approximate surface area is 256 Å². The summed E-state index contributed by atoms with van der Waals surface area (Å²) in [7, 11) is -7.64. The average molecular weight is 640 g/mol. The molecule has 0 fully saturated rings. The van der Waals surface area contributed by atoms with Gasteiger partial charge in [-0.3, -0.25) is 13.8 Å². The Morgan fingerprint density at radius 3 is 2.21 bits per heavy atom. The number of amides is 1. The van der Waals surface area contributed by atoms with E-state index in [-0.39, 0.29) is 22.9 Å². The van der Waals surface area contributed by atoms with Gasteiger partial charge in [0.1, 0.15) is 5.75 Å². The van der Waals surface area contributed by atoms with Crippen molar-refractivity contribution < 1.29 is 26.4 Å². The van der Waals surface area contributed by atoms with Crippen LogP contribution >= 0.6 is 11.6 Å². The first-order chi connectivity index (χ1) is 20.3. The minimum atomic E-state index is -3.83. The van der Waals surface area contributed by atoms with Crippen LogP contribution in [0.5, 0.6) is 5.75 Å². The van der Waals surface area contributed by atoms with Gasteiger partial charge in [-0.25, -0.2) is 16.8 Å². The van der Waals surface area contributed by atoms with Crippen molar-refractivity contribution >= 4 is 54.6 Å². The van der Waals surface area contributed by atoms with Gasteiger partial charge in [0.2, 0.25) is 0 Å². The molecule has 4 aromatic carbocycles. The number of carbonyl (C=O) groups excluding carboxylic acids is 1. The third-order valence-corrected chi connectivity index (χ3v) is 10.7. The summed E-state index contributed by atoms with van der Waals surface area (Å²) in [6.45, 7) is 5.50. The summed E-state index contributed by atoms with van der Waals surface area (Å²) in [6, 6.07) is 20.8. The Morgan fingerprint density at radius 2 is 1.51 bits per heavy atom. The molecule has 0 bridgehead atoms. The van der Waals surface area contributed by atoms with Crippen LogP contribution in [0.2, 0.25) is 5.02 Å². The van der Waals surface area contributed by atoms with Crippen molar-refractivity contribution in [1.82, 2.24) is 0 Å². The fraction of sp³-hybridized carbons (Fsp3) is 0.194. The fourth-order valence-corrected chi connectivity index (χ4v) is 7.48. The number of ether oxygens (including phenoxy) is 1. The first-order valence-corrected chi connectivity index (χ1v) is 16.7. The minimum absolute atomic E-state index is 0.0660. The summed E-state index contributed by atoms with van der Waals surface area (Å²) in [4.78, 5) is 12.9. The van der Waals surface area contributed by atoms with E-state index in [0.717, 1.165) is 16.7 Å². The Balaban J connectivity index is 1.23. The third-order valence-electron chi connectivity index (χ3n) is 7.20. The molecule has 1 heterocycles. The standard InChI is InChI=1S/C31H30ClN3O6S2/c1-20-4-8-26(16-21(20)2)34-42(37,38)28-12-13-30(22(3)17-28)41-19-31(36)33-25-9-5-23-14-15-35(29(23)18-25)43(39,40)27-10-6-24(32)7-11-27/h4-13,16-18,34H,14-15,19H2,1-3H3,(H,33,36). The summed E-state index contributed by atoms with van der Waals surface area (Å²) in [6.07, 6.45) is 0.546. The van der Waals surface area contributed by atoms with Crippen LogP contribution in [-0.4, -0.2) is 35.9 Å². The van der Waals surface area contributed by atoms with E-state index in [0.29, 0.717) is 39.8 Å². The van der Waals surface area contributed by atoms with Crippen molar-refractivity contribution in [2.24, 2.45) is 0 Å². The number of hydrogen-bond donors (Lipinski definition) is 2. The maximum atomic E-state index is 13.3. The van der Waals surface area contributed by atoms with Gasteiger partial charge in [0.15, 0.2) is 6.61 Å². The molecule has 0 unspecified atom stereocenters. The molecule has 0 aromatic heterocycles. The van der Waals surface area contributed by atoms with Crippen LogP contribution in [0, 0.1) is 20.8 Å². The maximum Gasteiger partial charge on any atom is 0.264 e. The lowest BCUT2D eigenvalue weighted by atomic mass is 10.1. The normalized spacial score (nSPS) is 13.0. The van der Waals surface area contributed by atoms with Gasteiger partial charge >= 0.3 is 0 Å². The Morgan fingerprint density at radius 1 is 0.814 bits per heavy atom. The number of nitrogens with one attached hydrogen (secondary N) is 2. The second kappa shape index (κ2) is 11.9. The van der Waals surface area contributed by atoms with Gasteiger partial charge in [0, 0.05) is 22.9 Å². The molecular weight excluding hydrogens is 610 g/mol. The maximum absolute atomic E-state index is 13.3. The number of hydrogen-bond acceptors (Lipinski definition) is 6. The van der Waals surface area contributed by atoms with Gasteiger partial charge in [0.05, 0.1) is 15.5 Å². The van der Waals surface area contributed by atoms with E-state index in [9.17, 15) is 21.6 Å². The van der Waals surface area contributed by atoms with Crippen molar-refractivity contribution in [1.29, 1.82) is 0 Å². The molecule has 0 aliphatic carbocycles. The van der Waals surface area contributed by atoms with E-state index in [4.69, 9.17) is 16.3 Å². The highest BCUT2D eigenvalue weighted by Crippen LogP contribution is 2.35. The van der Waals surface area contributed by atoms with Crippen LogP contribution in [0.15, 0.2) is 88.7 Å². The Hall–Kier alpha value is -4.06. The predicted octanol–water partition coefficient (Wildman–Crippen LogP) is 5.83. The van der Waals surface area contributed by atoms with Gasteiger partial charge in [-0.1, -0.05) is 23.7 Å². The summed E-state index contributed by atoms with van der Waals surface area (Å²) < 4.78 is 62.0. The summed E-state index contributed by atoms with van der Waals surface area (Å²) in [5, 5.41) is 3.18. The van der Waals surface area contributed by atoms with E-state index in [1.807, 2.05) is 19.9 Å². The van der Waals surface area contributed by atoms with Gasteiger partial charge < -0.3 is 10.1 Å². The summed E-state index contributed by atoms with van der Waals surface area (Å²) in [5.41, 5.74) is 4.80. The van der Waals surface area contributed by atoms with Crippen LogP contribution in [-0.2, 0) is 31.3 Å². The van der Waals surface area contributed by atoms with Crippen LogP contribution in [0.3, 0.4) is 0 Å². The number of aryl methyl sites for hydroxylation is 3. The molecular formula is C31H30ClN3O6S2. The first kappa shape index (κ1) is 30.4. The van der Waals surface area contributed by atoms with Gasteiger partial charge in [-0.2, -0.15) is 0 Å². The van der Waals surface area contributed by atoms with E-state index >= 15 is 0 Å². The van der Waals surface area contributed by atoms with Gasteiger partial charge in [-0.05, 0) is 116 Å². The fourth-order valence-electron chi connectivity index (χ4n) is 4.72. The van der Waals surface area contributed by atoms with Gasteiger partial charge in [-0.15, -0.1) is 0 Å². The molecule has 5 rings (SSSR count). The quantitative estimate of drug-likeness (QED) is 0.238. The summed E-state index contributed by atoms with van der Waals surface area (Å²) in [5.74, 6) is -0.105. The number of carbonyl (C=O) groups is 1. The van der Waals surface area contributed by atoms with Crippen molar-refractivity contribution in [3.05, 3.63) is 106 Å².